The van der Waals surface area contributed by atoms with Crippen LogP contribution in [0.15, 0.2) is 12.1 Å². The van der Waals surface area contributed by atoms with Gasteiger partial charge < -0.3 is 19.9 Å². The van der Waals surface area contributed by atoms with Gasteiger partial charge in [-0.25, -0.2) is 4.79 Å². The maximum absolute atomic E-state index is 11.4. The molecule has 0 spiro atoms. The normalized spacial score (nSPS) is 10.1. The molecule has 0 heterocycles. The summed E-state index contributed by atoms with van der Waals surface area (Å²) in [5, 5.41) is 15.1. The first-order valence-corrected chi connectivity index (χ1v) is 5.54. The van der Waals surface area contributed by atoms with E-state index in [1.807, 2.05) is 0 Å². The molecule has 0 saturated carbocycles. The SMILES string of the molecule is CNc1cc(O)c(NC(=O)OC(C)C)cc1OC. The van der Waals surface area contributed by atoms with Crippen LogP contribution in [0.4, 0.5) is 16.2 Å². The highest BCUT2D eigenvalue weighted by molar-refractivity contribution is 5.88. The van der Waals surface area contributed by atoms with E-state index in [-0.39, 0.29) is 17.5 Å². The number of methoxy groups -OCH3 is 1. The van der Waals surface area contributed by atoms with Gasteiger partial charge in [-0.05, 0) is 13.8 Å². The average molecular weight is 254 g/mol. The van der Waals surface area contributed by atoms with Crippen LogP contribution in [0, 0.1) is 0 Å². The van der Waals surface area contributed by atoms with Gasteiger partial charge in [-0.1, -0.05) is 0 Å². The number of rotatable bonds is 4. The molecule has 3 N–H and O–H groups in total. The number of anilines is 2. The first-order chi connectivity index (χ1) is 8.47. The molecule has 6 nitrogen and oxygen atoms in total. The molecule has 1 aromatic rings. The van der Waals surface area contributed by atoms with E-state index in [1.54, 1.807) is 20.9 Å². The molecule has 0 bridgehead atoms. The summed E-state index contributed by atoms with van der Waals surface area (Å²) < 4.78 is 10.1. The van der Waals surface area contributed by atoms with Crippen molar-refractivity contribution < 1.29 is 19.4 Å². The van der Waals surface area contributed by atoms with Gasteiger partial charge in [0, 0.05) is 19.2 Å². The second-order valence-electron chi connectivity index (χ2n) is 3.90. The van der Waals surface area contributed by atoms with Crippen LogP contribution in [-0.4, -0.2) is 31.5 Å². The zero-order chi connectivity index (χ0) is 13.7. The molecule has 0 fully saturated rings. The van der Waals surface area contributed by atoms with Gasteiger partial charge in [-0.2, -0.15) is 0 Å². The Morgan fingerprint density at radius 3 is 2.50 bits per heavy atom. The minimum atomic E-state index is -0.625. The van der Waals surface area contributed by atoms with Gasteiger partial charge in [0.1, 0.15) is 11.5 Å². The highest BCUT2D eigenvalue weighted by Gasteiger charge is 2.13. The summed E-state index contributed by atoms with van der Waals surface area (Å²) in [6.45, 7) is 3.48. The zero-order valence-corrected chi connectivity index (χ0v) is 10.9. The molecule has 1 aromatic carbocycles. The second kappa shape index (κ2) is 6.00. The standard InChI is InChI=1S/C12H18N2O4/c1-7(2)18-12(16)14-8-6-11(17-4)9(13-3)5-10(8)15/h5-7,13,15H,1-4H3,(H,14,16). The molecule has 0 radical (unpaired) electrons. The van der Waals surface area contributed by atoms with Crippen LogP contribution in [0.2, 0.25) is 0 Å². The smallest absolute Gasteiger partial charge is 0.411 e. The van der Waals surface area contributed by atoms with Gasteiger partial charge in [0.05, 0.1) is 24.6 Å². The van der Waals surface area contributed by atoms with Crippen LogP contribution in [0.25, 0.3) is 0 Å². The van der Waals surface area contributed by atoms with Crippen LogP contribution in [0.3, 0.4) is 0 Å². The molecule has 18 heavy (non-hydrogen) atoms. The molecule has 6 heteroatoms. The van der Waals surface area contributed by atoms with Crippen molar-refractivity contribution in [3.05, 3.63) is 12.1 Å². The summed E-state index contributed by atoms with van der Waals surface area (Å²) >= 11 is 0. The maximum Gasteiger partial charge on any atom is 0.411 e. The number of amides is 1. The fourth-order valence-electron chi connectivity index (χ4n) is 1.39. The van der Waals surface area contributed by atoms with Gasteiger partial charge >= 0.3 is 6.09 Å². The van der Waals surface area contributed by atoms with Crippen LogP contribution in [0.1, 0.15) is 13.8 Å². The van der Waals surface area contributed by atoms with E-state index in [2.05, 4.69) is 10.6 Å². The van der Waals surface area contributed by atoms with Gasteiger partial charge in [-0.3, -0.25) is 5.32 Å². The Morgan fingerprint density at radius 1 is 1.33 bits per heavy atom. The Bertz CT molecular complexity index is 432. The maximum atomic E-state index is 11.4. The summed E-state index contributed by atoms with van der Waals surface area (Å²) in [6.07, 6.45) is -0.856. The summed E-state index contributed by atoms with van der Waals surface area (Å²) in [5.74, 6) is 0.441. The highest BCUT2D eigenvalue weighted by atomic mass is 16.6. The highest BCUT2D eigenvalue weighted by Crippen LogP contribution is 2.35. The Hall–Kier alpha value is -2.11. The van der Waals surface area contributed by atoms with Crippen LogP contribution < -0.4 is 15.4 Å². The van der Waals surface area contributed by atoms with Crippen molar-refractivity contribution in [2.75, 3.05) is 24.8 Å². The zero-order valence-electron chi connectivity index (χ0n) is 10.9. The molecular formula is C12H18N2O4. The monoisotopic (exact) mass is 254 g/mol. The second-order valence-corrected chi connectivity index (χ2v) is 3.90. The fraction of sp³-hybridized carbons (Fsp3) is 0.417. The van der Waals surface area contributed by atoms with Crippen molar-refractivity contribution in [1.29, 1.82) is 0 Å². The van der Waals surface area contributed by atoms with E-state index in [4.69, 9.17) is 9.47 Å². The molecule has 0 saturated heterocycles. The first-order valence-electron chi connectivity index (χ1n) is 5.54. The first kappa shape index (κ1) is 14.0. The number of aromatic hydroxyl groups is 1. The third-order valence-electron chi connectivity index (χ3n) is 2.17. The lowest BCUT2D eigenvalue weighted by atomic mass is 10.2. The summed E-state index contributed by atoms with van der Waals surface area (Å²) in [4.78, 5) is 11.4. The largest absolute Gasteiger partial charge is 0.506 e. The van der Waals surface area contributed by atoms with E-state index in [0.29, 0.717) is 11.4 Å². The molecule has 1 amide bonds. The van der Waals surface area contributed by atoms with Gasteiger partial charge in [0.2, 0.25) is 0 Å². The van der Waals surface area contributed by atoms with E-state index in [1.165, 1.54) is 19.2 Å². The molecule has 100 valence electrons. The number of nitrogens with one attached hydrogen (secondary N) is 2. The Labute approximate surface area is 106 Å². The van der Waals surface area contributed by atoms with Crippen LogP contribution >= 0.6 is 0 Å². The molecule has 1 rings (SSSR count). The van der Waals surface area contributed by atoms with E-state index in [9.17, 15) is 9.90 Å². The van der Waals surface area contributed by atoms with Crippen molar-refractivity contribution in [3.63, 3.8) is 0 Å². The lowest BCUT2D eigenvalue weighted by molar-refractivity contribution is 0.130. The Balaban J connectivity index is 2.92. The van der Waals surface area contributed by atoms with E-state index < -0.39 is 6.09 Å². The van der Waals surface area contributed by atoms with E-state index >= 15 is 0 Å². The molecule has 0 aliphatic heterocycles. The summed E-state index contributed by atoms with van der Waals surface area (Å²) in [6, 6.07) is 2.98. The number of carbonyl (C=O) groups is 1. The predicted octanol–water partition coefficient (Wildman–Crippen LogP) is 2.40. The van der Waals surface area contributed by atoms with Crippen molar-refractivity contribution in [2.24, 2.45) is 0 Å². The molecule has 0 atom stereocenters. The lowest BCUT2D eigenvalue weighted by Gasteiger charge is -2.14. The average Bonchev–Trinajstić information content (AvgIpc) is 2.30. The Morgan fingerprint density at radius 2 is 2.00 bits per heavy atom. The lowest BCUT2D eigenvalue weighted by Crippen LogP contribution is -2.18. The van der Waals surface area contributed by atoms with Crippen molar-refractivity contribution >= 4 is 17.5 Å². The minimum Gasteiger partial charge on any atom is -0.506 e. The molecule has 0 aliphatic carbocycles. The topological polar surface area (TPSA) is 79.8 Å². The fourth-order valence-corrected chi connectivity index (χ4v) is 1.39. The predicted molar refractivity (Wildman–Crippen MR) is 69.4 cm³/mol. The third kappa shape index (κ3) is 3.44. The number of carbonyl (C=O) groups excluding carboxylic acids is 1. The van der Waals surface area contributed by atoms with Crippen LogP contribution in [0.5, 0.6) is 11.5 Å². The summed E-state index contributed by atoms with van der Waals surface area (Å²) in [5.41, 5.74) is 0.856. The van der Waals surface area contributed by atoms with Crippen LogP contribution in [-0.2, 0) is 4.74 Å². The number of hydrogen-bond donors (Lipinski definition) is 3. The van der Waals surface area contributed by atoms with Crippen molar-refractivity contribution in [2.45, 2.75) is 20.0 Å². The van der Waals surface area contributed by atoms with Gasteiger partial charge in [-0.15, -0.1) is 0 Å². The van der Waals surface area contributed by atoms with Crippen molar-refractivity contribution in [3.8, 4) is 11.5 Å². The summed E-state index contributed by atoms with van der Waals surface area (Å²) in [7, 11) is 3.21. The van der Waals surface area contributed by atoms with Gasteiger partial charge in [0.25, 0.3) is 0 Å². The molecule has 0 aliphatic rings. The third-order valence-corrected chi connectivity index (χ3v) is 2.17. The Kier molecular flexibility index (Phi) is 4.65. The number of phenols is 1. The molecular weight excluding hydrogens is 236 g/mol. The molecule has 0 aromatic heterocycles. The van der Waals surface area contributed by atoms with Crippen molar-refractivity contribution in [1.82, 2.24) is 0 Å². The minimum absolute atomic E-state index is 0.0687. The number of phenolic OH excluding ortho intramolecular Hbond substituents is 1. The molecule has 0 unspecified atom stereocenters. The number of hydrogen-bond acceptors (Lipinski definition) is 5. The van der Waals surface area contributed by atoms with Gasteiger partial charge in [0.15, 0.2) is 0 Å². The quantitative estimate of drug-likeness (QED) is 0.719. The number of benzene rings is 1. The number of ether oxygens (including phenoxy) is 2. The van der Waals surface area contributed by atoms with E-state index in [0.717, 1.165) is 0 Å².